The van der Waals surface area contributed by atoms with E-state index in [1.165, 1.54) is 12.3 Å². The lowest BCUT2D eigenvalue weighted by Gasteiger charge is -2.10. The van der Waals surface area contributed by atoms with Gasteiger partial charge >= 0.3 is 6.01 Å². The van der Waals surface area contributed by atoms with Crippen molar-refractivity contribution in [2.24, 2.45) is 0 Å². The predicted octanol–water partition coefficient (Wildman–Crippen LogP) is 1.77. The number of aromatic nitrogens is 3. The maximum Gasteiger partial charge on any atom is 0.329 e. The minimum atomic E-state index is -3.88. The molecule has 0 aromatic carbocycles. The summed E-state index contributed by atoms with van der Waals surface area (Å²) in [5, 5.41) is 10.0. The lowest BCUT2D eigenvalue weighted by Crippen LogP contribution is -2.16. The molecule has 0 amide bonds. The van der Waals surface area contributed by atoms with Gasteiger partial charge in [-0.05, 0) is 28.9 Å². The van der Waals surface area contributed by atoms with Crippen LogP contribution in [0.5, 0.6) is 0 Å². The van der Waals surface area contributed by atoms with E-state index in [2.05, 4.69) is 41.2 Å². The Labute approximate surface area is 124 Å². The summed E-state index contributed by atoms with van der Waals surface area (Å²) >= 11 is 3.20. The van der Waals surface area contributed by atoms with Crippen molar-refractivity contribution in [3.63, 3.8) is 0 Å². The van der Waals surface area contributed by atoms with Crippen LogP contribution in [0.25, 0.3) is 0 Å². The molecule has 108 valence electrons. The third-order valence-corrected chi connectivity index (χ3v) is 3.97. The SMILES string of the molecule is CCNc1ncc(Br)cc1S(=O)(=O)Nc1nnc(C)o1. The van der Waals surface area contributed by atoms with Gasteiger partial charge in [0.15, 0.2) is 0 Å². The summed E-state index contributed by atoms with van der Waals surface area (Å²) in [4.78, 5) is 4.03. The fraction of sp³-hybridized carbons (Fsp3) is 0.300. The van der Waals surface area contributed by atoms with Gasteiger partial charge in [-0.3, -0.25) is 0 Å². The van der Waals surface area contributed by atoms with Crippen molar-refractivity contribution in [2.45, 2.75) is 18.7 Å². The van der Waals surface area contributed by atoms with E-state index in [1.807, 2.05) is 6.92 Å². The molecule has 8 nitrogen and oxygen atoms in total. The number of rotatable bonds is 5. The number of nitrogens with one attached hydrogen (secondary N) is 2. The summed E-state index contributed by atoms with van der Waals surface area (Å²) in [6.45, 7) is 3.95. The summed E-state index contributed by atoms with van der Waals surface area (Å²) in [7, 11) is -3.88. The van der Waals surface area contributed by atoms with Gasteiger partial charge < -0.3 is 9.73 Å². The van der Waals surface area contributed by atoms with E-state index < -0.39 is 10.0 Å². The zero-order chi connectivity index (χ0) is 14.8. The zero-order valence-electron chi connectivity index (χ0n) is 10.7. The molecule has 0 unspecified atom stereocenters. The van der Waals surface area contributed by atoms with Crippen molar-refractivity contribution in [2.75, 3.05) is 16.6 Å². The molecule has 0 saturated heterocycles. The molecule has 0 spiro atoms. The van der Waals surface area contributed by atoms with Gasteiger partial charge in [0.2, 0.25) is 5.89 Å². The molecule has 2 rings (SSSR count). The fourth-order valence-electron chi connectivity index (χ4n) is 1.43. The first-order chi connectivity index (χ1) is 9.42. The Morgan fingerprint density at radius 1 is 1.40 bits per heavy atom. The van der Waals surface area contributed by atoms with Crippen LogP contribution in [0.1, 0.15) is 12.8 Å². The lowest BCUT2D eigenvalue weighted by molar-refractivity contribution is 0.534. The largest absolute Gasteiger partial charge is 0.408 e. The van der Waals surface area contributed by atoms with Gasteiger partial charge in [0.25, 0.3) is 10.0 Å². The molecule has 0 saturated carbocycles. The number of hydrogen-bond acceptors (Lipinski definition) is 7. The van der Waals surface area contributed by atoms with Crippen molar-refractivity contribution in [3.05, 3.63) is 22.6 Å². The molecule has 0 aliphatic heterocycles. The average molecular weight is 362 g/mol. The Bertz CT molecular complexity index is 715. The Morgan fingerprint density at radius 3 is 2.75 bits per heavy atom. The van der Waals surface area contributed by atoms with Gasteiger partial charge in [-0.2, -0.15) is 0 Å². The highest BCUT2D eigenvalue weighted by molar-refractivity contribution is 9.10. The summed E-state index contributed by atoms with van der Waals surface area (Å²) in [5.41, 5.74) is 0. The molecular formula is C10H12BrN5O3S. The van der Waals surface area contributed by atoms with Crippen LogP contribution in [-0.2, 0) is 10.0 Å². The zero-order valence-corrected chi connectivity index (χ0v) is 13.1. The van der Waals surface area contributed by atoms with Gasteiger partial charge in [-0.25, -0.2) is 18.1 Å². The molecule has 2 heterocycles. The Balaban J connectivity index is 2.40. The number of nitrogens with zero attached hydrogens (tertiary/aromatic N) is 3. The topological polar surface area (TPSA) is 110 Å². The fourth-order valence-corrected chi connectivity index (χ4v) is 3.00. The van der Waals surface area contributed by atoms with Gasteiger partial charge in [-0.1, -0.05) is 5.10 Å². The molecule has 2 N–H and O–H groups in total. The van der Waals surface area contributed by atoms with Crippen LogP contribution in [0.4, 0.5) is 11.8 Å². The maximum absolute atomic E-state index is 12.3. The third kappa shape index (κ3) is 3.25. The number of hydrogen-bond donors (Lipinski definition) is 2. The number of aryl methyl sites for hydroxylation is 1. The van der Waals surface area contributed by atoms with Crippen molar-refractivity contribution in [3.8, 4) is 0 Å². The molecule has 10 heteroatoms. The van der Waals surface area contributed by atoms with Gasteiger partial charge in [0.05, 0.1) is 0 Å². The van der Waals surface area contributed by atoms with Crippen molar-refractivity contribution in [1.82, 2.24) is 15.2 Å². The van der Waals surface area contributed by atoms with E-state index in [9.17, 15) is 8.42 Å². The molecule has 0 fully saturated rings. The van der Waals surface area contributed by atoms with E-state index in [0.29, 0.717) is 11.0 Å². The number of sulfonamides is 1. The highest BCUT2D eigenvalue weighted by atomic mass is 79.9. The number of halogens is 1. The average Bonchev–Trinajstić information content (AvgIpc) is 2.76. The Kier molecular flexibility index (Phi) is 4.23. The van der Waals surface area contributed by atoms with Crippen LogP contribution in [-0.4, -0.2) is 30.1 Å². The highest BCUT2D eigenvalue weighted by Crippen LogP contribution is 2.24. The van der Waals surface area contributed by atoms with Crippen molar-refractivity contribution in [1.29, 1.82) is 0 Å². The van der Waals surface area contributed by atoms with Crippen LogP contribution in [0.3, 0.4) is 0 Å². The Hall–Kier alpha value is -1.68. The maximum atomic E-state index is 12.3. The van der Waals surface area contributed by atoms with Gasteiger partial charge in [0.1, 0.15) is 10.7 Å². The predicted molar refractivity (Wildman–Crippen MR) is 75.9 cm³/mol. The first kappa shape index (κ1) is 14.7. The monoisotopic (exact) mass is 361 g/mol. The molecule has 2 aromatic heterocycles. The van der Waals surface area contributed by atoms with Crippen LogP contribution in [0.2, 0.25) is 0 Å². The van der Waals surface area contributed by atoms with Crippen LogP contribution in [0, 0.1) is 6.92 Å². The summed E-state index contributed by atoms with van der Waals surface area (Å²) in [6.07, 6.45) is 1.51. The summed E-state index contributed by atoms with van der Waals surface area (Å²) < 4.78 is 32.4. The second kappa shape index (κ2) is 5.75. The second-order valence-electron chi connectivity index (χ2n) is 3.76. The standard InChI is InChI=1S/C10H12BrN5O3S/c1-3-12-9-8(4-7(11)5-13-9)20(17,18)16-10-15-14-6(2)19-10/h4-5H,3H2,1-2H3,(H,12,13)(H,15,16). The number of anilines is 2. The first-order valence-electron chi connectivity index (χ1n) is 5.64. The Morgan fingerprint density at radius 2 is 2.15 bits per heavy atom. The number of pyridine rings is 1. The third-order valence-electron chi connectivity index (χ3n) is 2.20. The van der Waals surface area contributed by atoms with E-state index >= 15 is 0 Å². The summed E-state index contributed by atoms with van der Waals surface area (Å²) in [5.74, 6) is 0.515. The smallest absolute Gasteiger partial charge is 0.329 e. The van der Waals surface area contributed by atoms with Crippen LogP contribution >= 0.6 is 15.9 Å². The lowest BCUT2D eigenvalue weighted by atomic mass is 10.4. The van der Waals surface area contributed by atoms with E-state index in [1.54, 1.807) is 6.92 Å². The first-order valence-corrected chi connectivity index (χ1v) is 7.92. The molecule has 0 radical (unpaired) electrons. The molecule has 0 bridgehead atoms. The molecule has 2 aromatic rings. The van der Waals surface area contributed by atoms with Crippen molar-refractivity contribution >= 4 is 37.8 Å². The molecule has 0 aliphatic rings. The van der Waals surface area contributed by atoms with Crippen LogP contribution < -0.4 is 10.0 Å². The molecular weight excluding hydrogens is 350 g/mol. The highest BCUT2D eigenvalue weighted by Gasteiger charge is 2.22. The normalized spacial score (nSPS) is 11.3. The second-order valence-corrected chi connectivity index (χ2v) is 6.33. The molecule has 0 atom stereocenters. The van der Waals surface area contributed by atoms with Crippen molar-refractivity contribution < 1.29 is 12.8 Å². The van der Waals surface area contributed by atoms with E-state index in [4.69, 9.17) is 4.42 Å². The van der Waals surface area contributed by atoms with Gasteiger partial charge in [0, 0.05) is 24.1 Å². The van der Waals surface area contributed by atoms with Crippen LogP contribution in [0.15, 0.2) is 26.0 Å². The quantitative estimate of drug-likeness (QED) is 0.834. The molecule has 20 heavy (non-hydrogen) atoms. The summed E-state index contributed by atoms with van der Waals surface area (Å²) in [6, 6.07) is 1.25. The van der Waals surface area contributed by atoms with E-state index in [0.717, 1.165) is 0 Å². The molecule has 0 aliphatic carbocycles. The minimum Gasteiger partial charge on any atom is -0.408 e. The van der Waals surface area contributed by atoms with E-state index in [-0.39, 0.29) is 22.6 Å². The van der Waals surface area contributed by atoms with Gasteiger partial charge in [-0.15, -0.1) is 5.10 Å². The minimum absolute atomic E-state index is 0.00965.